The first kappa shape index (κ1) is 32.9. The molecule has 11 aromatic rings. The highest BCUT2D eigenvalue weighted by Gasteiger charge is 2.61. The highest BCUT2D eigenvalue weighted by Crippen LogP contribution is 2.68. The van der Waals surface area contributed by atoms with Crippen LogP contribution in [0.4, 0.5) is 0 Å². The second kappa shape index (κ2) is 11.7. The Morgan fingerprint density at radius 1 is 0.361 bits per heavy atom. The van der Waals surface area contributed by atoms with Crippen molar-refractivity contribution in [2.75, 3.05) is 0 Å². The predicted octanol–water partition coefficient (Wildman–Crippen LogP) is 14.7. The van der Waals surface area contributed by atoms with Crippen LogP contribution in [0.15, 0.2) is 176 Å². The molecule has 0 amide bonds. The van der Waals surface area contributed by atoms with E-state index in [9.17, 15) is 0 Å². The molecule has 8 aromatic carbocycles. The summed E-state index contributed by atoms with van der Waals surface area (Å²) in [6, 6.07) is 66.9. The maximum absolute atomic E-state index is 2.66. The molecule has 5 aliphatic rings. The van der Waals surface area contributed by atoms with Gasteiger partial charge in [0.05, 0.1) is 44.5 Å². The number of hydrogen-bond acceptors (Lipinski definition) is 0. The van der Waals surface area contributed by atoms with E-state index in [1.165, 1.54) is 126 Å². The lowest BCUT2D eigenvalue weighted by atomic mass is 9.41. The van der Waals surface area contributed by atoms with Gasteiger partial charge in [0.1, 0.15) is 0 Å². The van der Waals surface area contributed by atoms with E-state index >= 15 is 0 Å². The summed E-state index contributed by atoms with van der Waals surface area (Å²) in [5.41, 5.74) is 17.2. The molecule has 1 aliphatic heterocycles. The lowest BCUT2D eigenvalue weighted by molar-refractivity contribution is -0.0418. The van der Waals surface area contributed by atoms with E-state index in [0.717, 1.165) is 11.8 Å². The normalized spacial score (nSPS) is 22.5. The molecular formula is C58H43N3. The van der Waals surface area contributed by atoms with E-state index in [2.05, 4.69) is 190 Å². The number of nitrogens with zero attached hydrogens (tertiary/aromatic N) is 3. The van der Waals surface area contributed by atoms with Gasteiger partial charge in [0.25, 0.3) is 0 Å². The van der Waals surface area contributed by atoms with Crippen LogP contribution < -0.4 is 0 Å². The second-order valence-electron chi connectivity index (χ2n) is 18.9. The summed E-state index contributed by atoms with van der Waals surface area (Å²) in [6.45, 7) is 0. The summed E-state index contributed by atoms with van der Waals surface area (Å²) in [5.74, 6) is 3.20. The van der Waals surface area contributed by atoms with Gasteiger partial charge in [0.15, 0.2) is 0 Å². The highest BCUT2D eigenvalue weighted by atomic mass is 15.0. The molecule has 4 heterocycles. The lowest BCUT2D eigenvalue weighted by Gasteiger charge is -2.63. The first-order valence-corrected chi connectivity index (χ1v) is 22.5. The third kappa shape index (κ3) is 4.10. The number of rotatable bonds is 3. The van der Waals surface area contributed by atoms with E-state index in [4.69, 9.17) is 0 Å². The number of aromatic nitrogens is 3. The van der Waals surface area contributed by atoms with Crippen LogP contribution in [0.3, 0.4) is 0 Å². The van der Waals surface area contributed by atoms with Gasteiger partial charge in [-0.3, -0.25) is 0 Å². The van der Waals surface area contributed by atoms with Gasteiger partial charge in [0, 0.05) is 49.0 Å². The summed E-state index contributed by atoms with van der Waals surface area (Å²) in [5, 5.41) is 7.86. The SMILES string of the molecule is c1ccc(-n2c3ccccc3c3cc(-n4c5ccccc5c5ccccc54)ccc32)c(-c2ccc3c(c2)-n2c4ccccc4c4cccc(c42)C32C3CC4CC(C3)CC2C4)c1. The molecule has 0 radical (unpaired) electrons. The Labute approximate surface area is 354 Å². The van der Waals surface area contributed by atoms with Crippen molar-refractivity contribution in [2.24, 2.45) is 23.7 Å². The van der Waals surface area contributed by atoms with Crippen LogP contribution in [0, 0.1) is 23.7 Å². The van der Waals surface area contributed by atoms with E-state index in [-0.39, 0.29) is 5.41 Å². The Hall–Kier alpha value is -6.84. The van der Waals surface area contributed by atoms with E-state index < -0.39 is 0 Å². The average molecular weight is 782 g/mol. The summed E-state index contributed by atoms with van der Waals surface area (Å²) >= 11 is 0. The zero-order chi connectivity index (χ0) is 39.6. The molecule has 61 heavy (non-hydrogen) atoms. The van der Waals surface area contributed by atoms with Crippen molar-refractivity contribution in [3.63, 3.8) is 0 Å². The maximum atomic E-state index is 2.66. The molecule has 0 atom stereocenters. The van der Waals surface area contributed by atoms with Crippen molar-refractivity contribution in [3.05, 3.63) is 187 Å². The molecule has 4 aliphatic carbocycles. The van der Waals surface area contributed by atoms with Crippen molar-refractivity contribution < 1.29 is 0 Å². The van der Waals surface area contributed by atoms with Crippen LogP contribution in [0.5, 0.6) is 0 Å². The fourth-order valence-corrected chi connectivity index (χ4v) is 14.3. The van der Waals surface area contributed by atoms with E-state index in [1.54, 1.807) is 11.1 Å². The fourth-order valence-electron chi connectivity index (χ4n) is 14.3. The summed E-state index contributed by atoms with van der Waals surface area (Å²) in [7, 11) is 0. The van der Waals surface area contributed by atoms with Crippen LogP contribution >= 0.6 is 0 Å². The van der Waals surface area contributed by atoms with E-state index in [0.29, 0.717) is 11.8 Å². The lowest BCUT2D eigenvalue weighted by Crippen LogP contribution is -2.57. The Kier molecular flexibility index (Phi) is 6.32. The van der Waals surface area contributed by atoms with Crippen molar-refractivity contribution >= 4 is 65.4 Å². The zero-order valence-corrected chi connectivity index (χ0v) is 33.9. The maximum Gasteiger partial charge on any atom is 0.0582 e. The standard InChI is InChI=1S/C58H43N3/c1-6-19-50(60-53-22-9-5-16-45(53)47-34-40(25-27-55(47)60)59-51-20-7-2-13-42(51)43-14-3-8-21-52(43)59)41(12-1)37-24-26-48-56(33-37)61-54-23-10-4-15-44(54)46-17-11-18-49(57(46)61)58(48)38-29-35-28-36(31-38)32-39(58)30-35/h1-27,33-36,38-39H,28-32H2. The summed E-state index contributed by atoms with van der Waals surface area (Å²) < 4.78 is 7.62. The fraction of sp³-hybridized carbons (Fsp3) is 0.172. The molecule has 4 saturated carbocycles. The molecule has 290 valence electrons. The predicted molar refractivity (Wildman–Crippen MR) is 253 cm³/mol. The topological polar surface area (TPSA) is 14.8 Å². The third-order valence-corrected chi connectivity index (χ3v) is 16.2. The number of fused-ring (bicyclic) bond motifs is 11. The molecule has 0 N–H and O–H groups in total. The first-order chi connectivity index (χ1) is 30.2. The van der Waals surface area contributed by atoms with Crippen molar-refractivity contribution in [3.8, 4) is 28.2 Å². The third-order valence-electron chi connectivity index (χ3n) is 16.2. The quantitative estimate of drug-likeness (QED) is 0.170. The molecule has 3 aromatic heterocycles. The minimum Gasteiger partial charge on any atom is -0.309 e. The van der Waals surface area contributed by atoms with Crippen molar-refractivity contribution in [2.45, 2.75) is 37.5 Å². The summed E-state index contributed by atoms with van der Waals surface area (Å²) in [4.78, 5) is 0. The Bertz CT molecular complexity index is 3600. The minimum absolute atomic E-state index is 0.0611. The number of para-hydroxylation sites is 6. The van der Waals surface area contributed by atoms with Gasteiger partial charge in [-0.2, -0.15) is 0 Å². The van der Waals surface area contributed by atoms with Gasteiger partial charge in [-0.15, -0.1) is 0 Å². The van der Waals surface area contributed by atoms with Gasteiger partial charge in [-0.25, -0.2) is 0 Å². The van der Waals surface area contributed by atoms with Crippen LogP contribution in [-0.2, 0) is 5.41 Å². The number of benzene rings is 8. The van der Waals surface area contributed by atoms with Crippen molar-refractivity contribution in [1.29, 1.82) is 0 Å². The summed E-state index contributed by atoms with van der Waals surface area (Å²) in [6.07, 6.45) is 6.96. The molecule has 1 spiro atoms. The van der Waals surface area contributed by atoms with Crippen LogP contribution in [0.2, 0.25) is 0 Å². The van der Waals surface area contributed by atoms with Crippen LogP contribution in [0.1, 0.15) is 43.2 Å². The van der Waals surface area contributed by atoms with E-state index in [1.807, 2.05) is 0 Å². The monoisotopic (exact) mass is 781 g/mol. The van der Waals surface area contributed by atoms with Crippen molar-refractivity contribution in [1.82, 2.24) is 13.7 Å². The molecule has 3 nitrogen and oxygen atoms in total. The van der Waals surface area contributed by atoms with Gasteiger partial charge < -0.3 is 13.7 Å². The molecule has 16 rings (SSSR count). The molecule has 4 bridgehead atoms. The highest BCUT2D eigenvalue weighted by molar-refractivity contribution is 6.14. The van der Waals surface area contributed by atoms with Gasteiger partial charge in [-0.1, -0.05) is 121 Å². The van der Waals surface area contributed by atoms with Crippen LogP contribution in [-0.4, -0.2) is 13.7 Å². The molecule has 4 fully saturated rings. The largest absolute Gasteiger partial charge is 0.309 e. The van der Waals surface area contributed by atoms with Gasteiger partial charge >= 0.3 is 0 Å². The Morgan fingerprint density at radius 2 is 0.902 bits per heavy atom. The molecule has 0 saturated heterocycles. The number of hydrogen-bond donors (Lipinski definition) is 0. The van der Waals surface area contributed by atoms with Gasteiger partial charge in [0.2, 0.25) is 0 Å². The zero-order valence-electron chi connectivity index (χ0n) is 33.9. The second-order valence-corrected chi connectivity index (χ2v) is 18.9. The van der Waals surface area contributed by atoms with Crippen LogP contribution in [0.25, 0.3) is 93.6 Å². The smallest absolute Gasteiger partial charge is 0.0582 e. The minimum atomic E-state index is 0.0611. The Morgan fingerprint density at radius 3 is 1.59 bits per heavy atom. The first-order valence-electron chi connectivity index (χ1n) is 22.5. The average Bonchev–Trinajstić information content (AvgIpc) is 3.95. The molecule has 3 heteroatoms. The molecular weight excluding hydrogens is 739 g/mol. The Balaban J connectivity index is 0.967. The molecule has 0 unspecified atom stereocenters. The van der Waals surface area contributed by atoms with Gasteiger partial charge in [-0.05, 0) is 127 Å².